The maximum absolute atomic E-state index is 10.8. The number of fused-ring (bicyclic) bond motifs is 1. The fourth-order valence-electron chi connectivity index (χ4n) is 1.96. The van der Waals surface area contributed by atoms with Crippen LogP contribution >= 0.6 is 11.3 Å². The van der Waals surface area contributed by atoms with Gasteiger partial charge in [-0.15, -0.1) is 11.3 Å². The molecule has 0 saturated heterocycles. The van der Waals surface area contributed by atoms with Gasteiger partial charge in [0, 0.05) is 6.07 Å². The van der Waals surface area contributed by atoms with Crippen LogP contribution in [-0.2, 0) is 0 Å². The monoisotopic (exact) mass is 286 g/mol. The Hall–Kier alpha value is -2.47. The summed E-state index contributed by atoms with van der Waals surface area (Å²) < 4.78 is 6.32. The maximum atomic E-state index is 10.8. The molecule has 0 fully saturated rings. The molecule has 0 aliphatic heterocycles. The molecular weight excluding hydrogens is 276 g/mol. The number of thiazole rings is 1. The quantitative estimate of drug-likeness (QED) is 0.541. The molecule has 0 unspecified atom stereocenters. The lowest BCUT2D eigenvalue weighted by Gasteiger charge is -2.05. The molecule has 2 aromatic carbocycles. The average molecular weight is 286 g/mol. The number of aromatic nitrogens is 1. The van der Waals surface area contributed by atoms with E-state index in [2.05, 4.69) is 4.98 Å². The van der Waals surface area contributed by atoms with Crippen molar-refractivity contribution in [1.82, 2.24) is 4.98 Å². The lowest BCUT2D eigenvalue weighted by atomic mass is 10.2. The Morgan fingerprint density at radius 3 is 2.75 bits per heavy atom. The Labute approximate surface area is 118 Å². The van der Waals surface area contributed by atoms with Crippen molar-refractivity contribution < 1.29 is 9.66 Å². The van der Waals surface area contributed by atoms with Crippen molar-refractivity contribution in [2.45, 2.75) is 0 Å². The highest BCUT2D eigenvalue weighted by Crippen LogP contribution is 2.37. The van der Waals surface area contributed by atoms with Gasteiger partial charge in [0.05, 0.1) is 33.9 Å². The minimum atomic E-state index is -0.440. The van der Waals surface area contributed by atoms with Gasteiger partial charge in [0.1, 0.15) is 10.8 Å². The molecule has 5 nitrogen and oxygen atoms in total. The van der Waals surface area contributed by atoms with Crippen LogP contribution in [0.4, 0.5) is 5.69 Å². The van der Waals surface area contributed by atoms with Gasteiger partial charge in [-0.1, -0.05) is 12.1 Å². The minimum absolute atomic E-state index is 0.00621. The number of nitro benzene ring substituents is 1. The number of hydrogen-bond donors (Lipinski definition) is 0. The molecule has 0 amide bonds. The second-order valence-electron chi connectivity index (χ2n) is 4.13. The standard InChI is InChI=1S/C14H10N2O3S/c1-19-12-8-9(16(17)18)6-7-10(12)14-15-11-4-2-3-5-13(11)20-14/h2-8H,1H3. The van der Waals surface area contributed by atoms with E-state index in [0.29, 0.717) is 5.75 Å². The minimum Gasteiger partial charge on any atom is -0.496 e. The summed E-state index contributed by atoms with van der Waals surface area (Å²) in [5, 5.41) is 11.6. The van der Waals surface area contributed by atoms with E-state index in [0.717, 1.165) is 20.8 Å². The fraction of sp³-hybridized carbons (Fsp3) is 0.0714. The topological polar surface area (TPSA) is 65.3 Å². The highest BCUT2D eigenvalue weighted by Gasteiger charge is 2.15. The van der Waals surface area contributed by atoms with Crippen LogP contribution in [-0.4, -0.2) is 17.0 Å². The molecule has 0 radical (unpaired) electrons. The molecule has 0 atom stereocenters. The number of rotatable bonds is 3. The molecule has 3 aromatic rings. The van der Waals surface area contributed by atoms with Crippen LogP contribution in [0.2, 0.25) is 0 Å². The molecule has 1 heterocycles. The van der Waals surface area contributed by atoms with Gasteiger partial charge in [-0.3, -0.25) is 10.1 Å². The number of ether oxygens (including phenoxy) is 1. The summed E-state index contributed by atoms with van der Waals surface area (Å²) in [6, 6.07) is 12.4. The summed E-state index contributed by atoms with van der Waals surface area (Å²) in [4.78, 5) is 14.9. The van der Waals surface area contributed by atoms with E-state index in [9.17, 15) is 10.1 Å². The number of benzene rings is 2. The molecule has 0 aliphatic rings. The second kappa shape index (κ2) is 4.90. The SMILES string of the molecule is COc1cc([N+](=O)[O-])ccc1-c1nc2ccccc2s1. The van der Waals surface area contributed by atoms with Crippen LogP contribution in [0.15, 0.2) is 42.5 Å². The van der Waals surface area contributed by atoms with E-state index in [-0.39, 0.29) is 5.69 Å². The highest BCUT2D eigenvalue weighted by molar-refractivity contribution is 7.21. The van der Waals surface area contributed by atoms with Crippen molar-refractivity contribution in [2.24, 2.45) is 0 Å². The number of nitrogens with zero attached hydrogens (tertiary/aromatic N) is 2. The van der Waals surface area contributed by atoms with E-state index in [4.69, 9.17) is 4.74 Å². The van der Waals surface area contributed by atoms with E-state index >= 15 is 0 Å². The predicted octanol–water partition coefficient (Wildman–Crippen LogP) is 3.88. The van der Waals surface area contributed by atoms with E-state index in [1.807, 2.05) is 24.3 Å². The van der Waals surface area contributed by atoms with E-state index in [1.54, 1.807) is 6.07 Å². The highest BCUT2D eigenvalue weighted by atomic mass is 32.1. The summed E-state index contributed by atoms with van der Waals surface area (Å²) in [7, 11) is 1.50. The Kier molecular flexibility index (Phi) is 3.08. The van der Waals surface area contributed by atoms with Crippen molar-refractivity contribution in [2.75, 3.05) is 7.11 Å². The van der Waals surface area contributed by atoms with Crippen LogP contribution in [0.1, 0.15) is 0 Å². The number of para-hydroxylation sites is 1. The molecule has 3 rings (SSSR count). The van der Waals surface area contributed by atoms with Crippen molar-refractivity contribution >= 4 is 27.2 Å². The molecule has 0 saturated carbocycles. The van der Waals surface area contributed by atoms with Crippen LogP contribution in [0.5, 0.6) is 5.75 Å². The molecule has 1 aromatic heterocycles. The molecule has 6 heteroatoms. The van der Waals surface area contributed by atoms with Crippen molar-refractivity contribution in [1.29, 1.82) is 0 Å². The average Bonchev–Trinajstić information content (AvgIpc) is 2.90. The first-order valence-corrected chi connectivity index (χ1v) is 6.69. The number of non-ortho nitro benzene ring substituents is 1. The zero-order valence-corrected chi connectivity index (χ0v) is 11.4. The second-order valence-corrected chi connectivity index (χ2v) is 5.16. The van der Waals surface area contributed by atoms with Gasteiger partial charge in [-0.2, -0.15) is 0 Å². The summed E-state index contributed by atoms with van der Waals surface area (Å²) >= 11 is 1.53. The summed E-state index contributed by atoms with van der Waals surface area (Å²) in [5.74, 6) is 0.457. The van der Waals surface area contributed by atoms with Crippen LogP contribution in [0.25, 0.3) is 20.8 Å². The van der Waals surface area contributed by atoms with Gasteiger partial charge >= 0.3 is 0 Å². The summed E-state index contributed by atoms with van der Waals surface area (Å²) in [6.07, 6.45) is 0. The lowest BCUT2D eigenvalue weighted by Crippen LogP contribution is -1.92. The zero-order valence-electron chi connectivity index (χ0n) is 10.6. The largest absolute Gasteiger partial charge is 0.496 e. The third-order valence-corrected chi connectivity index (χ3v) is 3.99. The third-order valence-electron chi connectivity index (χ3n) is 2.92. The Morgan fingerprint density at radius 1 is 1.25 bits per heavy atom. The number of methoxy groups -OCH3 is 1. The molecule has 0 aliphatic carbocycles. The first-order chi connectivity index (χ1) is 9.69. The maximum Gasteiger partial charge on any atom is 0.273 e. The normalized spacial score (nSPS) is 10.7. The van der Waals surface area contributed by atoms with Gasteiger partial charge in [0.15, 0.2) is 0 Å². The van der Waals surface area contributed by atoms with E-state index in [1.165, 1.54) is 30.6 Å². The van der Waals surface area contributed by atoms with Crippen LogP contribution < -0.4 is 4.74 Å². The van der Waals surface area contributed by atoms with Crippen molar-refractivity contribution in [3.05, 3.63) is 52.6 Å². The van der Waals surface area contributed by atoms with Gasteiger partial charge in [0.25, 0.3) is 5.69 Å². The molecule has 20 heavy (non-hydrogen) atoms. The van der Waals surface area contributed by atoms with Crippen molar-refractivity contribution in [3.8, 4) is 16.3 Å². The summed E-state index contributed by atoms with van der Waals surface area (Å²) in [6.45, 7) is 0. The molecular formula is C14H10N2O3S. The van der Waals surface area contributed by atoms with Crippen LogP contribution in [0.3, 0.4) is 0 Å². The Bertz CT molecular complexity index is 765. The zero-order chi connectivity index (χ0) is 14.1. The van der Waals surface area contributed by atoms with Gasteiger partial charge in [-0.05, 0) is 18.2 Å². The molecule has 100 valence electrons. The smallest absolute Gasteiger partial charge is 0.273 e. The first kappa shape index (κ1) is 12.6. The predicted molar refractivity (Wildman–Crippen MR) is 78.3 cm³/mol. The Balaban J connectivity index is 2.15. The summed E-state index contributed by atoms with van der Waals surface area (Å²) in [5.41, 5.74) is 1.68. The van der Waals surface area contributed by atoms with Crippen LogP contribution in [0, 0.1) is 10.1 Å². The van der Waals surface area contributed by atoms with Gasteiger partial charge in [0.2, 0.25) is 0 Å². The third kappa shape index (κ3) is 2.10. The molecule has 0 N–H and O–H groups in total. The van der Waals surface area contributed by atoms with Gasteiger partial charge < -0.3 is 4.74 Å². The lowest BCUT2D eigenvalue weighted by molar-refractivity contribution is -0.384. The van der Waals surface area contributed by atoms with E-state index < -0.39 is 4.92 Å². The van der Waals surface area contributed by atoms with Gasteiger partial charge in [-0.25, -0.2) is 4.98 Å². The first-order valence-electron chi connectivity index (χ1n) is 5.87. The molecule has 0 spiro atoms. The Morgan fingerprint density at radius 2 is 2.05 bits per heavy atom. The fourth-order valence-corrected chi connectivity index (χ4v) is 2.95. The number of nitro groups is 1. The molecule has 0 bridgehead atoms. The van der Waals surface area contributed by atoms with Crippen molar-refractivity contribution in [3.63, 3.8) is 0 Å². The number of hydrogen-bond acceptors (Lipinski definition) is 5.